The van der Waals surface area contributed by atoms with Crippen LogP contribution in [0.25, 0.3) is 5.57 Å². The SMILES string of the molecule is CCOC1OC(N(C)C)=C(c2cccc(SC(F)(F)F)c2)C1=O. The van der Waals surface area contributed by atoms with Gasteiger partial charge in [0.1, 0.15) is 0 Å². The summed E-state index contributed by atoms with van der Waals surface area (Å²) in [6.45, 7) is 2.01. The molecule has 8 heteroatoms. The van der Waals surface area contributed by atoms with E-state index in [0.29, 0.717) is 5.56 Å². The van der Waals surface area contributed by atoms with Gasteiger partial charge in [-0.2, -0.15) is 13.2 Å². The van der Waals surface area contributed by atoms with Crippen LogP contribution in [0.5, 0.6) is 0 Å². The van der Waals surface area contributed by atoms with Gasteiger partial charge in [-0.05, 0) is 36.4 Å². The second-order valence-corrected chi connectivity index (χ2v) is 6.06. The molecule has 1 heterocycles. The van der Waals surface area contributed by atoms with E-state index in [0.717, 1.165) is 0 Å². The van der Waals surface area contributed by atoms with Crippen LogP contribution >= 0.6 is 11.8 Å². The second-order valence-electron chi connectivity index (χ2n) is 4.92. The average Bonchev–Trinajstić information content (AvgIpc) is 2.75. The predicted octanol–water partition coefficient (Wildman–Crippen LogP) is 3.49. The second kappa shape index (κ2) is 6.84. The van der Waals surface area contributed by atoms with E-state index < -0.39 is 17.6 Å². The minimum absolute atomic E-state index is 0.00765. The fourth-order valence-corrected chi connectivity index (χ4v) is 2.74. The van der Waals surface area contributed by atoms with Crippen molar-refractivity contribution in [3.8, 4) is 0 Å². The zero-order valence-electron chi connectivity index (χ0n) is 12.8. The normalized spacial score (nSPS) is 18.3. The molecule has 0 N–H and O–H groups in total. The van der Waals surface area contributed by atoms with Crippen LogP contribution in [0.4, 0.5) is 13.2 Å². The number of thioether (sulfide) groups is 1. The summed E-state index contributed by atoms with van der Waals surface area (Å²) in [5.41, 5.74) is -3.80. The lowest BCUT2D eigenvalue weighted by Crippen LogP contribution is -2.22. The summed E-state index contributed by atoms with van der Waals surface area (Å²) in [5, 5.41) is 0. The Labute approximate surface area is 136 Å². The molecule has 2 rings (SSSR count). The zero-order chi connectivity index (χ0) is 17.2. The van der Waals surface area contributed by atoms with Crippen molar-refractivity contribution in [2.75, 3.05) is 20.7 Å². The highest BCUT2D eigenvalue weighted by molar-refractivity contribution is 8.00. The number of carbonyl (C=O) groups is 1. The smallest absolute Gasteiger partial charge is 0.441 e. The Balaban J connectivity index is 2.39. The molecular formula is C15H16F3NO3S. The van der Waals surface area contributed by atoms with Crippen molar-refractivity contribution < 1.29 is 27.4 Å². The molecule has 1 aromatic carbocycles. The molecule has 0 saturated carbocycles. The monoisotopic (exact) mass is 347 g/mol. The molecule has 0 spiro atoms. The minimum atomic E-state index is -4.39. The highest BCUT2D eigenvalue weighted by Crippen LogP contribution is 2.39. The quantitative estimate of drug-likeness (QED) is 0.763. The summed E-state index contributed by atoms with van der Waals surface area (Å²) in [6.07, 6.45) is -1.06. The Hall–Kier alpha value is -1.67. The molecule has 0 aliphatic carbocycles. The highest BCUT2D eigenvalue weighted by Gasteiger charge is 2.38. The Morgan fingerprint density at radius 1 is 1.35 bits per heavy atom. The van der Waals surface area contributed by atoms with Gasteiger partial charge in [-0.1, -0.05) is 12.1 Å². The molecule has 0 fully saturated rings. The van der Waals surface area contributed by atoms with Crippen molar-refractivity contribution in [2.45, 2.75) is 23.6 Å². The van der Waals surface area contributed by atoms with Gasteiger partial charge in [0, 0.05) is 25.6 Å². The molecular weight excluding hydrogens is 331 g/mol. The van der Waals surface area contributed by atoms with Crippen molar-refractivity contribution >= 4 is 23.1 Å². The van der Waals surface area contributed by atoms with Crippen LogP contribution in [0.15, 0.2) is 35.0 Å². The van der Waals surface area contributed by atoms with E-state index >= 15 is 0 Å². The van der Waals surface area contributed by atoms with Gasteiger partial charge < -0.3 is 14.4 Å². The van der Waals surface area contributed by atoms with Crippen molar-refractivity contribution in [1.82, 2.24) is 4.90 Å². The Bertz CT molecular complexity index is 629. The fourth-order valence-electron chi connectivity index (χ4n) is 2.14. The number of hydrogen-bond donors (Lipinski definition) is 0. The van der Waals surface area contributed by atoms with E-state index in [2.05, 4.69) is 0 Å². The first kappa shape index (κ1) is 17.7. The maximum atomic E-state index is 12.5. The molecule has 1 unspecified atom stereocenters. The number of ketones is 1. The molecule has 0 amide bonds. The van der Waals surface area contributed by atoms with Crippen LogP contribution in [-0.4, -0.2) is 43.2 Å². The number of hydrogen-bond acceptors (Lipinski definition) is 5. The molecule has 1 aromatic rings. The third-order valence-corrected chi connectivity index (χ3v) is 3.69. The maximum Gasteiger partial charge on any atom is 0.446 e. The van der Waals surface area contributed by atoms with Crippen molar-refractivity contribution in [2.24, 2.45) is 0 Å². The van der Waals surface area contributed by atoms with Crippen LogP contribution in [0.1, 0.15) is 12.5 Å². The van der Waals surface area contributed by atoms with E-state index in [4.69, 9.17) is 9.47 Å². The standard InChI is InChI=1S/C15H16F3NO3S/c1-4-21-14-12(20)11(13(22-14)19(2)3)9-6-5-7-10(8-9)23-15(16,17)18/h5-8,14H,4H2,1-3H3. The Morgan fingerprint density at radius 3 is 2.61 bits per heavy atom. The molecule has 0 radical (unpaired) electrons. The van der Waals surface area contributed by atoms with Crippen molar-refractivity contribution in [3.63, 3.8) is 0 Å². The number of carbonyl (C=O) groups excluding carboxylic acids is 1. The molecule has 4 nitrogen and oxygen atoms in total. The lowest BCUT2D eigenvalue weighted by Gasteiger charge is -2.16. The van der Waals surface area contributed by atoms with Crippen LogP contribution in [0, 0.1) is 0 Å². The Kier molecular flexibility index (Phi) is 5.26. The predicted molar refractivity (Wildman–Crippen MR) is 80.5 cm³/mol. The number of nitrogens with zero attached hydrogens (tertiary/aromatic N) is 1. The first-order valence-electron chi connectivity index (χ1n) is 6.83. The molecule has 0 bridgehead atoms. The van der Waals surface area contributed by atoms with E-state index in [1.165, 1.54) is 18.2 Å². The number of Topliss-reactive ketones (excluding diaryl/α,β-unsaturated/α-hetero) is 1. The molecule has 1 aliphatic heterocycles. The highest BCUT2D eigenvalue weighted by atomic mass is 32.2. The number of alkyl halides is 3. The molecule has 1 aliphatic rings. The third kappa shape index (κ3) is 4.20. The lowest BCUT2D eigenvalue weighted by atomic mass is 10.0. The van der Waals surface area contributed by atoms with Crippen molar-refractivity contribution in [3.05, 3.63) is 35.7 Å². The van der Waals surface area contributed by atoms with Gasteiger partial charge in [0.05, 0.1) is 5.57 Å². The molecule has 126 valence electrons. The molecule has 0 aromatic heterocycles. The van der Waals surface area contributed by atoms with Crippen LogP contribution in [0.2, 0.25) is 0 Å². The number of benzene rings is 1. The van der Waals surface area contributed by atoms with Gasteiger partial charge >= 0.3 is 5.51 Å². The summed E-state index contributed by atoms with van der Waals surface area (Å²) in [5.74, 6) is -0.118. The Morgan fingerprint density at radius 2 is 2.04 bits per heavy atom. The zero-order valence-corrected chi connectivity index (χ0v) is 13.6. The van der Waals surface area contributed by atoms with Gasteiger partial charge in [-0.15, -0.1) is 0 Å². The lowest BCUT2D eigenvalue weighted by molar-refractivity contribution is -0.150. The van der Waals surface area contributed by atoms with E-state index in [1.54, 1.807) is 32.0 Å². The maximum absolute atomic E-state index is 12.5. The third-order valence-electron chi connectivity index (χ3n) is 2.97. The number of ether oxygens (including phenoxy) is 2. The van der Waals surface area contributed by atoms with Gasteiger partial charge in [-0.3, -0.25) is 4.79 Å². The van der Waals surface area contributed by atoms with E-state index in [-0.39, 0.29) is 34.7 Å². The summed E-state index contributed by atoms with van der Waals surface area (Å²) >= 11 is -0.224. The van der Waals surface area contributed by atoms with Gasteiger partial charge in [0.15, 0.2) is 0 Å². The topological polar surface area (TPSA) is 38.8 Å². The summed E-state index contributed by atoms with van der Waals surface area (Å²) < 4.78 is 48.3. The van der Waals surface area contributed by atoms with Gasteiger partial charge in [0.25, 0.3) is 6.29 Å². The van der Waals surface area contributed by atoms with Crippen molar-refractivity contribution in [1.29, 1.82) is 0 Å². The first-order chi connectivity index (χ1) is 10.7. The van der Waals surface area contributed by atoms with Crippen LogP contribution in [0.3, 0.4) is 0 Å². The first-order valence-corrected chi connectivity index (χ1v) is 7.65. The molecule has 1 atom stereocenters. The fraction of sp³-hybridized carbons (Fsp3) is 0.400. The molecule has 23 heavy (non-hydrogen) atoms. The summed E-state index contributed by atoms with van der Waals surface area (Å²) in [4.78, 5) is 14.0. The summed E-state index contributed by atoms with van der Waals surface area (Å²) in [6, 6.07) is 5.73. The van der Waals surface area contributed by atoms with E-state index in [1.807, 2.05) is 0 Å². The van der Waals surface area contributed by atoms with Gasteiger partial charge in [-0.25, -0.2) is 0 Å². The largest absolute Gasteiger partial charge is 0.446 e. The number of rotatable bonds is 5. The van der Waals surface area contributed by atoms with Crippen LogP contribution in [-0.2, 0) is 14.3 Å². The molecule has 0 saturated heterocycles. The minimum Gasteiger partial charge on any atom is -0.441 e. The number of halogens is 3. The summed E-state index contributed by atoms with van der Waals surface area (Å²) in [7, 11) is 3.37. The van der Waals surface area contributed by atoms with E-state index in [9.17, 15) is 18.0 Å². The van der Waals surface area contributed by atoms with Gasteiger partial charge in [0.2, 0.25) is 11.7 Å². The average molecular weight is 347 g/mol. The van der Waals surface area contributed by atoms with Crippen LogP contribution < -0.4 is 0 Å².